The van der Waals surface area contributed by atoms with Gasteiger partial charge in [0, 0.05) is 0 Å². The van der Waals surface area contributed by atoms with E-state index in [2.05, 4.69) is 11.9 Å². The molecule has 0 unspecified atom stereocenters. The summed E-state index contributed by atoms with van der Waals surface area (Å²) in [5.41, 5.74) is 1.21. The largest absolute Gasteiger partial charge is 0.416 e. The molecule has 1 N–H and O–H groups in total. The first-order chi connectivity index (χ1) is 11.2. The van der Waals surface area contributed by atoms with Gasteiger partial charge in [0.25, 0.3) is 11.8 Å². The second kappa shape index (κ2) is 5.33. The summed E-state index contributed by atoms with van der Waals surface area (Å²) in [6, 6.07) is 9.03. The van der Waals surface area contributed by atoms with Crippen LogP contribution in [0.15, 0.2) is 43.0 Å². The average Bonchev–Trinajstić information content (AvgIpc) is 2.80. The highest BCUT2D eigenvalue weighted by molar-refractivity contribution is 6.24. The molecule has 3 rings (SSSR count). The lowest BCUT2D eigenvalue weighted by Gasteiger charge is -2.14. The molecule has 0 spiro atoms. The quantitative estimate of drug-likeness (QED) is 0.842. The van der Waals surface area contributed by atoms with Gasteiger partial charge in [0.2, 0.25) is 0 Å². The molecule has 0 bridgehead atoms. The van der Waals surface area contributed by atoms with E-state index in [0.717, 1.165) is 0 Å². The number of hydrogen-bond donors (Lipinski definition) is 1. The maximum Gasteiger partial charge on any atom is 0.416 e. The molecule has 2 amide bonds. The van der Waals surface area contributed by atoms with Crippen molar-refractivity contribution < 1.29 is 22.8 Å². The van der Waals surface area contributed by atoms with E-state index >= 15 is 0 Å². The highest BCUT2D eigenvalue weighted by Crippen LogP contribution is 2.36. The van der Waals surface area contributed by atoms with Gasteiger partial charge in [-0.05, 0) is 35.2 Å². The van der Waals surface area contributed by atoms with Gasteiger partial charge < -0.3 is 0 Å². The molecule has 0 saturated carbocycles. The van der Waals surface area contributed by atoms with Crippen molar-refractivity contribution in [3.05, 3.63) is 65.2 Å². The number of nitrogens with one attached hydrogen (secondary N) is 1. The van der Waals surface area contributed by atoms with Gasteiger partial charge in [0.1, 0.15) is 0 Å². The zero-order valence-electron chi connectivity index (χ0n) is 12.6. The van der Waals surface area contributed by atoms with Crippen molar-refractivity contribution in [1.82, 2.24) is 5.32 Å². The summed E-state index contributed by atoms with van der Waals surface area (Å²) in [7, 11) is 0. The Morgan fingerprint density at radius 1 is 1.00 bits per heavy atom. The molecule has 24 heavy (non-hydrogen) atoms. The summed E-state index contributed by atoms with van der Waals surface area (Å²) in [4.78, 5) is 23.7. The lowest BCUT2D eigenvalue weighted by molar-refractivity contribution is -0.0686. The van der Waals surface area contributed by atoms with Crippen molar-refractivity contribution >= 4 is 17.4 Å². The Bertz CT molecular complexity index is 898. The molecule has 1 aliphatic heterocycles. The van der Waals surface area contributed by atoms with Gasteiger partial charge in [-0.25, -0.2) is 0 Å². The number of amides is 2. The monoisotopic (exact) mass is 331 g/mol. The average molecular weight is 331 g/mol. The highest BCUT2D eigenvalue weighted by atomic mass is 19.4. The molecule has 1 aliphatic rings. The molecule has 1 heterocycles. The van der Waals surface area contributed by atoms with E-state index in [0.29, 0.717) is 16.7 Å². The highest BCUT2D eigenvalue weighted by Gasteiger charge is 2.33. The van der Waals surface area contributed by atoms with Crippen LogP contribution in [0.1, 0.15) is 31.8 Å². The number of fused-ring (bicyclic) bond motifs is 1. The Morgan fingerprint density at radius 2 is 1.67 bits per heavy atom. The van der Waals surface area contributed by atoms with E-state index in [4.69, 9.17) is 0 Å². The molecule has 0 atom stereocenters. The lowest BCUT2D eigenvalue weighted by Crippen LogP contribution is -2.20. The van der Waals surface area contributed by atoms with Crippen molar-refractivity contribution in [3.8, 4) is 11.1 Å². The van der Waals surface area contributed by atoms with Crippen LogP contribution in [0.2, 0.25) is 0 Å². The first-order valence-corrected chi connectivity index (χ1v) is 7.06. The standard InChI is InChI=1S/C18H12F3NO2/c1-9-8-11(10(2)18(19,20)21)6-7-12(9)13-4-3-5-14-15(13)17(24)22-16(14)23/h3-8H,2H2,1H3,(H,22,23,24). The summed E-state index contributed by atoms with van der Waals surface area (Å²) < 4.78 is 38.3. The fourth-order valence-electron chi connectivity index (χ4n) is 2.76. The van der Waals surface area contributed by atoms with E-state index in [1.165, 1.54) is 24.3 Å². The van der Waals surface area contributed by atoms with Crippen molar-refractivity contribution in [2.45, 2.75) is 13.1 Å². The summed E-state index contributed by atoms with van der Waals surface area (Å²) in [5.74, 6) is -0.981. The molecule has 0 radical (unpaired) electrons. The Labute approximate surface area is 135 Å². The maximum atomic E-state index is 12.8. The Morgan fingerprint density at radius 3 is 2.29 bits per heavy atom. The smallest absolute Gasteiger partial charge is 0.288 e. The van der Waals surface area contributed by atoms with Gasteiger partial charge in [-0.2, -0.15) is 13.2 Å². The molecule has 0 aromatic heterocycles. The molecular formula is C18H12F3NO2. The van der Waals surface area contributed by atoms with E-state index in [-0.39, 0.29) is 16.7 Å². The number of benzene rings is 2. The predicted molar refractivity (Wildman–Crippen MR) is 83.5 cm³/mol. The summed E-state index contributed by atoms with van der Waals surface area (Å²) >= 11 is 0. The third kappa shape index (κ3) is 2.50. The molecule has 2 aromatic rings. The Hall–Kier alpha value is -2.89. The van der Waals surface area contributed by atoms with E-state index < -0.39 is 23.6 Å². The van der Waals surface area contributed by atoms with Crippen molar-refractivity contribution in [1.29, 1.82) is 0 Å². The third-order valence-electron chi connectivity index (χ3n) is 3.97. The van der Waals surface area contributed by atoms with Crippen LogP contribution in [0.3, 0.4) is 0 Å². The topological polar surface area (TPSA) is 46.2 Å². The predicted octanol–water partition coefficient (Wildman–Crippen LogP) is 4.12. The van der Waals surface area contributed by atoms with Crippen molar-refractivity contribution in [3.63, 3.8) is 0 Å². The first kappa shape index (κ1) is 16.0. The van der Waals surface area contributed by atoms with Crippen LogP contribution >= 0.6 is 0 Å². The molecule has 3 nitrogen and oxygen atoms in total. The number of alkyl halides is 3. The van der Waals surface area contributed by atoms with Gasteiger partial charge >= 0.3 is 6.18 Å². The summed E-state index contributed by atoms with van der Waals surface area (Å²) in [6.07, 6.45) is -4.51. The minimum absolute atomic E-state index is 0.0307. The van der Waals surface area contributed by atoms with Crippen LogP contribution in [-0.2, 0) is 0 Å². The normalized spacial score (nSPS) is 13.7. The minimum Gasteiger partial charge on any atom is -0.288 e. The van der Waals surface area contributed by atoms with Crippen LogP contribution in [-0.4, -0.2) is 18.0 Å². The summed E-state index contributed by atoms with van der Waals surface area (Å²) in [5, 5.41) is 2.22. The fourth-order valence-corrected chi connectivity index (χ4v) is 2.76. The van der Waals surface area contributed by atoms with E-state index in [1.807, 2.05) is 0 Å². The zero-order valence-corrected chi connectivity index (χ0v) is 12.6. The molecular weight excluding hydrogens is 319 g/mol. The molecule has 6 heteroatoms. The first-order valence-electron chi connectivity index (χ1n) is 7.06. The van der Waals surface area contributed by atoms with Crippen LogP contribution in [0.25, 0.3) is 16.7 Å². The van der Waals surface area contributed by atoms with E-state index in [1.54, 1.807) is 19.1 Å². The van der Waals surface area contributed by atoms with Crippen LogP contribution in [0, 0.1) is 6.92 Å². The van der Waals surface area contributed by atoms with Crippen LogP contribution in [0.4, 0.5) is 13.2 Å². The molecule has 0 saturated heterocycles. The van der Waals surface area contributed by atoms with Gasteiger partial charge in [-0.3, -0.25) is 14.9 Å². The van der Waals surface area contributed by atoms with Gasteiger partial charge in [-0.1, -0.05) is 36.9 Å². The van der Waals surface area contributed by atoms with Gasteiger partial charge in [0.05, 0.1) is 16.7 Å². The second-order valence-corrected chi connectivity index (χ2v) is 5.52. The van der Waals surface area contributed by atoms with Crippen LogP contribution < -0.4 is 5.32 Å². The van der Waals surface area contributed by atoms with Crippen LogP contribution in [0.5, 0.6) is 0 Å². The van der Waals surface area contributed by atoms with E-state index in [9.17, 15) is 22.8 Å². The summed E-state index contributed by atoms with van der Waals surface area (Å²) in [6.45, 7) is 4.74. The Kier molecular flexibility index (Phi) is 3.55. The maximum absolute atomic E-state index is 12.8. The Balaban J connectivity index is 2.12. The number of hydrogen-bond acceptors (Lipinski definition) is 2. The fraction of sp³-hybridized carbons (Fsp3) is 0.111. The number of halogens is 3. The lowest BCUT2D eigenvalue weighted by atomic mass is 9.91. The van der Waals surface area contributed by atoms with Gasteiger partial charge in [0.15, 0.2) is 0 Å². The number of rotatable bonds is 2. The number of carbonyl (C=O) groups is 2. The number of imide groups is 1. The second-order valence-electron chi connectivity index (χ2n) is 5.52. The third-order valence-corrected chi connectivity index (χ3v) is 3.97. The molecule has 122 valence electrons. The van der Waals surface area contributed by atoms with Crippen molar-refractivity contribution in [2.24, 2.45) is 0 Å². The van der Waals surface area contributed by atoms with Gasteiger partial charge in [-0.15, -0.1) is 0 Å². The zero-order chi connectivity index (χ0) is 17.6. The number of allylic oxidation sites excluding steroid dienone is 1. The van der Waals surface area contributed by atoms with Crippen molar-refractivity contribution in [2.75, 3.05) is 0 Å². The minimum atomic E-state index is -4.51. The molecule has 0 fully saturated rings. The molecule has 0 aliphatic carbocycles. The molecule has 2 aromatic carbocycles. The SMILES string of the molecule is C=C(c1ccc(-c2cccc3c2C(=O)NC3=O)c(C)c1)C(F)(F)F. The number of carbonyl (C=O) groups excluding carboxylic acids is 2. The number of aryl methyl sites for hydroxylation is 1.